The Morgan fingerprint density at radius 1 is 1.45 bits per heavy atom. The van der Waals surface area contributed by atoms with E-state index in [9.17, 15) is 9.59 Å². The molecule has 106 valence electrons. The number of allylic oxidation sites excluding steroid dienone is 1. The number of nitrogens with one attached hydrogen (secondary N) is 1. The van der Waals surface area contributed by atoms with Crippen LogP contribution in [-0.2, 0) is 9.53 Å². The van der Waals surface area contributed by atoms with Crippen LogP contribution in [0.2, 0.25) is 0 Å². The number of anilines is 1. The second-order valence-corrected chi connectivity index (χ2v) is 4.60. The van der Waals surface area contributed by atoms with Crippen molar-refractivity contribution in [3.05, 3.63) is 41.1 Å². The lowest BCUT2D eigenvalue weighted by Gasteiger charge is -2.33. The van der Waals surface area contributed by atoms with Gasteiger partial charge in [-0.05, 0) is 24.6 Å². The standard InChI is InChI=1S/C14H17N3O3/c1-8-11(13(18)20-3)12(16-14(19)17(8)2)9-5-4-6-10(15)7-9/h4-7,12H,15H2,1-3H3,(H,16,19). The minimum Gasteiger partial charge on any atom is -0.466 e. The number of benzene rings is 1. The van der Waals surface area contributed by atoms with E-state index in [0.717, 1.165) is 5.56 Å². The molecule has 1 aromatic carbocycles. The summed E-state index contributed by atoms with van der Waals surface area (Å²) in [6, 6.07) is 6.22. The number of amides is 2. The number of hydrogen-bond donors (Lipinski definition) is 2. The Kier molecular flexibility index (Phi) is 3.65. The molecule has 6 heteroatoms. The van der Waals surface area contributed by atoms with Crippen molar-refractivity contribution >= 4 is 17.7 Å². The maximum atomic E-state index is 12.0. The third kappa shape index (κ3) is 2.32. The van der Waals surface area contributed by atoms with Crippen molar-refractivity contribution < 1.29 is 14.3 Å². The predicted molar refractivity (Wildman–Crippen MR) is 74.6 cm³/mol. The van der Waals surface area contributed by atoms with E-state index in [2.05, 4.69) is 5.32 Å². The topological polar surface area (TPSA) is 84.7 Å². The van der Waals surface area contributed by atoms with Crippen LogP contribution in [0.5, 0.6) is 0 Å². The fraction of sp³-hybridized carbons (Fsp3) is 0.286. The van der Waals surface area contributed by atoms with E-state index in [-0.39, 0.29) is 6.03 Å². The molecule has 0 spiro atoms. The number of rotatable bonds is 2. The Balaban J connectivity index is 2.55. The number of carbonyl (C=O) groups excluding carboxylic acids is 2. The summed E-state index contributed by atoms with van der Waals surface area (Å²) in [5.41, 5.74) is 8.04. The van der Waals surface area contributed by atoms with Gasteiger partial charge in [-0.15, -0.1) is 0 Å². The number of urea groups is 1. The summed E-state index contributed by atoms with van der Waals surface area (Å²) < 4.78 is 4.82. The van der Waals surface area contributed by atoms with Crippen LogP contribution >= 0.6 is 0 Å². The number of carbonyl (C=O) groups is 2. The molecule has 2 amide bonds. The Labute approximate surface area is 117 Å². The second-order valence-electron chi connectivity index (χ2n) is 4.60. The zero-order chi connectivity index (χ0) is 14.9. The highest BCUT2D eigenvalue weighted by Gasteiger charge is 2.34. The zero-order valence-electron chi connectivity index (χ0n) is 11.6. The molecular weight excluding hydrogens is 258 g/mol. The maximum Gasteiger partial charge on any atom is 0.337 e. The molecule has 0 bridgehead atoms. The quantitative estimate of drug-likeness (QED) is 0.631. The number of ether oxygens (including phenoxy) is 1. The van der Waals surface area contributed by atoms with Crippen LogP contribution in [0.25, 0.3) is 0 Å². The lowest BCUT2D eigenvalue weighted by Crippen LogP contribution is -2.46. The van der Waals surface area contributed by atoms with Crippen LogP contribution in [0.3, 0.4) is 0 Å². The summed E-state index contributed by atoms with van der Waals surface area (Å²) in [5.74, 6) is -0.471. The minimum atomic E-state index is -0.561. The van der Waals surface area contributed by atoms with E-state index in [4.69, 9.17) is 10.5 Å². The molecule has 1 aliphatic heterocycles. The Hall–Kier alpha value is -2.50. The molecule has 1 aliphatic rings. The van der Waals surface area contributed by atoms with Gasteiger partial charge >= 0.3 is 12.0 Å². The van der Waals surface area contributed by atoms with Crippen LogP contribution in [-0.4, -0.2) is 31.1 Å². The summed E-state index contributed by atoms with van der Waals surface area (Å²) in [4.78, 5) is 25.3. The lowest BCUT2D eigenvalue weighted by molar-refractivity contribution is -0.136. The normalized spacial score (nSPS) is 18.9. The molecule has 0 fully saturated rings. The highest BCUT2D eigenvalue weighted by molar-refractivity contribution is 5.94. The molecule has 0 saturated heterocycles. The summed E-state index contributed by atoms with van der Waals surface area (Å²) in [7, 11) is 2.92. The fourth-order valence-electron chi connectivity index (χ4n) is 2.20. The van der Waals surface area contributed by atoms with Gasteiger partial charge in [0, 0.05) is 18.4 Å². The fourth-order valence-corrected chi connectivity index (χ4v) is 2.20. The Morgan fingerprint density at radius 2 is 2.15 bits per heavy atom. The molecule has 0 aliphatic carbocycles. The first-order valence-electron chi connectivity index (χ1n) is 6.14. The van der Waals surface area contributed by atoms with Crippen LogP contribution in [0, 0.1) is 0 Å². The third-order valence-electron chi connectivity index (χ3n) is 3.40. The van der Waals surface area contributed by atoms with Crippen LogP contribution < -0.4 is 11.1 Å². The maximum absolute atomic E-state index is 12.0. The molecule has 1 aromatic rings. The molecule has 1 atom stereocenters. The van der Waals surface area contributed by atoms with E-state index in [0.29, 0.717) is 17.0 Å². The average Bonchev–Trinajstić information content (AvgIpc) is 2.43. The van der Waals surface area contributed by atoms with Gasteiger partial charge in [-0.25, -0.2) is 9.59 Å². The first-order valence-corrected chi connectivity index (χ1v) is 6.14. The van der Waals surface area contributed by atoms with Crippen molar-refractivity contribution in [1.29, 1.82) is 0 Å². The molecule has 20 heavy (non-hydrogen) atoms. The average molecular weight is 275 g/mol. The number of hydrogen-bond acceptors (Lipinski definition) is 4. The van der Waals surface area contributed by atoms with E-state index >= 15 is 0 Å². The van der Waals surface area contributed by atoms with Gasteiger partial charge in [0.15, 0.2) is 0 Å². The SMILES string of the molecule is COC(=O)C1=C(C)N(C)C(=O)NC1c1cccc(N)c1. The van der Waals surface area contributed by atoms with Crippen LogP contribution in [0.1, 0.15) is 18.5 Å². The molecule has 6 nitrogen and oxygen atoms in total. The number of nitrogens with zero attached hydrogens (tertiary/aromatic N) is 1. The number of methoxy groups -OCH3 is 1. The van der Waals surface area contributed by atoms with Crippen molar-refractivity contribution in [2.75, 3.05) is 19.9 Å². The zero-order valence-corrected chi connectivity index (χ0v) is 11.6. The van der Waals surface area contributed by atoms with Gasteiger partial charge in [0.25, 0.3) is 0 Å². The van der Waals surface area contributed by atoms with Crippen molar-refractivity contribution in [3.8, 4) is 0 Å². The summed E-state index contributed by atoms with van der Waals surface area (Å²) in [6.07, 6.45) is 0. The molecular formula is C14H17N3O3. The summed E-state index contributed by atoms with van der Waals surface area (Å²) in [6.45, 7) is 1.71. The van der Waals surface area contributed by atoms with E-state index in [1.54, 1.807) is 32.2 Å². The predicted octanol–water partition coefficient (Wildman–Crippen LogP) is 1.41. The first-order chi connectivity index (χ1) is 9.45. The highest BCUT2D eigenvalue weighted by atomic mass is 16.5. The van der Waals surface area contributed by atoms with Gasteiger partial charge in [0.05, 0.1) is 18.7 Å². The Morgan fingerprint density at radius 3 is 2.75 bits per heavy atom. The summed E-state index contributed by atoms with van der Waals surface area (Å²) >= 11 is 0. The number of esters is 1. The van der Waals surface area contributed by atoms with Gasteiger partial charge < -0.3 is 20.7 Å². The van der Waals surface area contributed by atoms with Crippen LogP contribution in [0.15, 0.2) is 35.5 Å². The third-order valence-corrected chi connectivity index (χ3v) is 3.40. The number of nitrogens with two attached hydrogens (primary N) is 1. The first kappa shape index (κ1) is 13.9. The van der Waals surface area contributed by atoms with E-state index < -0.39 is 12.0 Å². The molecule has 0 radical (unpaired) electrons. The highest BCUT2D eigenvalue weighted by Crippen LogP contribution is 2.31. The van der Waals surface area contributed by atoms with Gasteiger partial charge in [-0.1, -0.05) is 12.1 Å². The smallest absolute Gasteiger partial charge is 0.337 e. The van der Waals surface area contributed by atoms with Gasteiger partial charge in [0.1, 0.15) is 0 Å². The van der Waals surface area contributed by atoms with Gasteiger partial charge in [-0.3, -0.25) is 0 Å². The summed E-state index contributed by atoms with van der Waals surface area (Å²) in [5, 5.41) is 2.78. The lowest BCUT2D eigenvalue weighted by atomic mass is 9.95. The van der Waals surface area contributed by atoms with Crippen LogP contribution in [0.4, 0.5) is 10.5 Å². The largest absolute Gasteiger partial charge is 0.466 e. The monoisotopic (exact) mass is 275 g/mol. The van der Waals surface area contributed by atoms with Crippen molar-refractivity contribution in [3.63, 3.8) is 0 Å². The van der Waals surface area contributed by atoms with Crippen molar-refractivity contribution in [2.45, 2.75) is 13.0 Å². The van der Waals surface area contributed by atoms with Crippen molar-refractivity contribution in [2.24, 2.45) is 0 Å². The molecule has 1 heterocycles. The molecule has 0 aromatic heterocycles. The van der Waals surface area contributed by atoms with Gasteiger partial charge in [0.2, 0.25) is 0 Å². The van der Waals surface area contributed by atoms with Gasteiger partial charge in [-0.2, -0.15) is 0 Å². The van der Waals surface area contributed by atoms with E-state index in [1.807, 2.05) is 6.07 Å². The molecule has 0 saturated carbocycles. The van der Waals surface area contributed by atoms with E-state index in [1.165, 1.54) is 12.0 Å². The molecule has 2 rings (SSSR count). The minimum absolute atomic E-state index is 0.275. The Bertz CT molecular complexity index is 595. The molecule has 1 unspecified atom stereocenters. The second kappa shape index (κ2) is 5.24. The van der Waals surface area contributed by atoms with Crippen molar-refractivity contribution in [1.82, 2.24) is 10.2 Å². The molecule has 3 N–H and O–H groups in total. The number of nitrogen functional groups attached to an aromatic ring is 1.